The topological polar surface area (TPSA) is 64.1 Å². The van der Waals surface area contributed by atoms with Gasteiger partial charge in [-0.05, 0) is 30.7 Å². The van der Waals surface area contributed by atoms with Crippen molar-refractivity contribution in [1.29, 1.82) is 0 Å². The summed E-state index contributed by atoms with van der Waals surface area (Å²) >= 11 is 0. The number of benzene rings is 2. The SMILES string of the molecule is CN=C(NCc1ccc(C)cc1OC)NCc1cc(F)cc2c1OCOC2.I. The summed E-state index contributed by atoms with van der Waals surface area (Å²) in [6, 6.07) is 8.95. The zero-order valence-electron chi connectivity index (χ0n) is 16.2. The second kappa shape index (κ2) is 10.5. The zero-order chi connectivity index (χ0) is 19.2. The molecule has 0 spiro atoms. The van der Waals surface area contributed by atoms with Crippen LogP contribution in [0.5, 0.6) is 11.5 Å². The van der Waals surface area contributed by atoms with E-state index in [1.54, 1.807) is 14.2 Å². The summed E-state index contributed by atoms with van der Waals surface area (Å²) in [5, 5.41) is 6.44. The Hall–Kier alpha value is -2.07. The summed E-state index contributed by atoms with van der Waals surface area (Å²) in [4.78, 5) is 4.22. The predicted molar refractivity (Wildman–Crippen MR) is 117 cm³/mol. The number of nitrogens with one attached hydrogen (secondary N) is 2. The molecule has 0 aromatic heterocycles. The quantitative estimate of drug-likeness (QED) is 0.373. The molecule has 0 bridgehead atoms. The van der Waals surface area contributed by atoms with Gasteiger partial charge in [-0.2, -0.15) is 0 Å². The van der Waals surface area contributed by atoms with E-state index in [0.29, 0.717) is 37.0 Å². The van der Waals surface area contributed by atoms with E-state index in [0.717, 1.165) is 22.4 Å². The highest BCUT2D eigenvalue weighted by Gasteiger charge is 2.17. The van der Waals surface area contributed by atoms with Gasteiger partial charge in [-0.25, -0.2) is 4.39 Å². The van der Waals surface area contributed by atoms with Crippen molar-refractivity contribution in [3.63, 3.8) is 0 Å². The fraction of sp³-hybridized carbons (Fsp3) is 0.350. The van der Waals surface area contributed by atoms with Crippen molar-refractivity contribution >= 4 is 29.9 Å². The molecule has 0 saturated carbocycles. The smallest absolute Gasteiger partial charge is 0.191 e. The van der Waals surface area contributed by atoms with Crippen molar-refractivity contribution in [1.82, 2.24) is 10.6 Å². The summed E-state index contributed by atoms with van der Waals surface area (Å²) in [5.74, 6) is 1.78. The minimum Gasteiger partial charge on any atom is -0.496 e. The van der Waals surface area contributed by atoms with Gasteiger partial charge in [0.2, 0.25) is 0 Å². The number of hydrogen-bond acceptors (Lipinski definition) is 4. The van der Waals surface area contributed by atoms with E-state index < -0.39 is 0 Å². The lowest BCUT2D eigenvalue weighted by atomic mass is 10.1. The van der Waals surface area contributed by atoms with Crippen molar-refractivity contribution in [3.8, 4) is 11.5 Å². The number of methoxy groups -OCH3 is 1. The molecule has 0 unspecified atom stereocenters. The predicted octanol–water partition coefficient (Wildman–Crippen LogP) is 3.49. The molecule has 2 aromatic carbocycles. The van der Waals surface area contributed by atoms with Crippen LogP contribution in [-0.2, 0) is 24.4 Å². The van der Waals surface area contributed by atoms with Crippen LogP contribution in [0.15, 0.2) is 35.3 Å². The Morgan fingerprint density at radius 2 is 1.93 bits per heavy atom. The normalized spacial score (nSPS) is 13.1. The van der Waals surface area contributed by atoms with Gasteiger partial charge >= 0.3 is 0 Å². The molecule has 2 N–H and O–H groups in total. The molecule has 0 aliphatic carbocycles. The Kier molecular flexibility index (Phi) is 8.31. The molecular formula is C20H25FIN3O3. The number of aryl methyl sites for hydroxylation is 1. The molecular weight excluding hydrogens is 476 g/mol. The highest BCUT2D eigenvalue weighted by Crippen LogP contribution is 2.29. The molecule has 8 heteroatoms. The second-order valence-corrected chi connectivity index (χ2v) is 6.26. The van der Waals surface area contributed by atoms with Gasteiger partial charge in [-0.15, -0.1) is 24.0 Å². The van der Waals surface area contributed by atoms with Crippen molar-refractivity contribution in [3.05, 3.63) is 58.4 Å². The number of halogens is 2. The average Bonchev–Trinajstić information content (AvgIpc) is 2.68. The van der Waals surface area contributed by atoms with E-state index in [-0.39, 0.29) is 36.6 Å². The molecule has 0 amide bonds. The van der Waals surface area contributed by atoms with Crippen LogP contribution in [0.3, 0.4) is 0 Å². The Labute approximate surface area is 181 Å². The van der Waals surface area contributed by atoms with Crippen LogP contribution in [0.4, 0.5) is 4.39 Å². The van der Waals surface area contributed by atoms with Crippen LogP contribution in [0.25, 0.3) is 0 Å². The number of aliphatic imine (C=N–C) groups is 1. The third kappa shape index (κ3) is 5.48. The van der Waals surface area contributed by atoms with Crippen molar-refractivity contribution in [2.45, 2.75) is 26.6 Å². The molecule has 1 aliphatic heterocycles. The number of fused-ring (bicyclic) bond motifs is 1. The van der Waals surface area contributed by atoms with E-state index in [1.807, 2.05) is 25.1 Å². The summed E-state index contributed by atoms with van der Waals surface area (Å²) in [7, 11) is 3.34. The summed E-state index contributed by atoms with van der Waals surface area (Å²) in [6.07, 6.45) is 0. The lowest BCUT2D eigenvalue weighted by Crippen LogP contribution is -2.36. The van der Waals surface area contributed by atoms with Crippen molar-refractivity contribution in [2.24, 2.45) is 4.99 Å². The first-order valence-electron chi connectivity index (χ1n) is 8.70. The minimum atomic E-state index is -0.313. The first kappa shape index (κ1) is 22.2. The lowest BCUT2D eigenvalue weighted by Gasteiger charge is -2.21. The van der Waals surface area contributed by atoms with E-state index in [2.05, 4.69) is 15.6 Å². The molecule has 0 fully saturated rings. The van der Waals surface area contributed by atoms with Crippen LogP contribution in [-0.4, -0.2) is 26.9 Å². The van der Waals surface area contributed by atoms with E-state index in [9.17, 15) is 4.39 Å². The molecule has 152 valence electrons. The van der Waals surface area contributed by atoms with Crippen LogP contribution in [0.2, 0.25) is 0 Å². The summed E-state index contributed by atoms with van der Waals surface area (Å²) < 4.78 is 30.0. The lowest BCUT2D eigenvalue weighted by molar-refractivity contribution is -0.0172. The second-order valence-electron chi connectivity index (χ2n) is 6.26. The fourth-order valence-electron chi connectivity index (χ4n) is 2.96. The highest BCUT2D eigenvalue weighted by atomic mass is 127. The Morgan fingerprint density at radius 1 is 1.18 bits per heavy atom. The Morgan fingerprint density at radius 3 is 2.64 bits per heavy atom. The molecule has 0 atom stereocenters. The maximum atomic E-state index is 13.8. The van der Waals surface area contributed by atoms with E-state index >= 15 is 0 Å². The van der Waals surface area contributed by atoms with E-state index in [4.69, 9.17) is 14.2 Å². The number of rotatable bonds is 5. The van der Waals surface area contributed by atoms with Gasteiger partial charge in [0.15, 0.2) is 12.8 Å². The number of nitrogens with zero attached hydrogens (tertiary/aromatic N) is 1. The van der Waals surface area contributed by atoms with Crippen LogP contribution in [0.1, 0.15) is 22.3 Å². The molecule has 3 rings (SSSR count). The third-order valence-electron chi connectivity index (χ3n) is 4.31. The van der Waals surface area contributed by atoms with Gasteiger partial charge in [-0.3, -0.25) is 4.99 Å². The van der Waals surface area contributed by atoms with E-state index in [1.165, 1.54) is 12.1 Å². The Balaban J connectivity index is 0.00000280. The number of hydrogen-bond donors (Lipinski definition) is 2. The molecule has 1 aliphatic rings. The monoisotopic (exact) mass is 501 g/mol. The molecule has 6 nitrogen and oxygen atoms in total. The maximum absolute atomic E-state index is 13.8. The molecule has 0 saturated heterocycles. The van der Waals surface area contributed by atoms with Crippen LogP contribution >= 0.6 is 24.0 Å². The van der Waals surface area contributed by atoms with Gasteiger partial charge in [-0.1, -0.05) is 12.1 Å². The van der Waals surface area contributed by atoms with Gasteiger partial charge in [0.05, 0.1) is 13.7 Å². The fourth-order valence-corrected chi connectivity index (χ4v) is 2.96. The van der Waals surface area contributed by atoms with Crippen LogP contribution < -0.4 is 20.1 Å². The molecule has 28 heavy (non-hydrogen) atoms. The minimum absolute atomic E-state index is 0. The van der Waals surface area contributed by atoms with Gasteiger partial charge in [0, 0.05) is 36.8 Å². The standard InChI is InChI=1S/C20H24FN3O3.HI/c1-13-4-5-14(18(6-13)25-3)9-23-20(22-2)24-10-15-7-17(21)8-16-11-26-12-27-19(15)16;/h4-8H,9-12H2,1-3H3,(H2,22,23,24);1H. The first-order chi connectivity index (χ1) is 13.1. The van der Waals surface area contributed by atoms with Crippen LogP contribution in [0, 0.1) is 12.7 Å². The van der Waals surface area contributed by atoms with Crippen molar-refractivity contribution in [2.75, 3.05) is 21.0 Å². The van der Waals surface area contributed by atoms with Gasteiger partial charge in [0.25, 0.3) is 0 Å². The maximum Gasteiger partial charge on any atom is 0.191 e. The third-order valence-corrected chi connectivity index (χ3v) is 4.31. The molecule has 2 aromatic rings. The summed E-state index contributed by atoms with van der Waals surface area (Å²) in [5.41, 5.74) is 3.60. The number of guanidine groups is 1. The van der Waals surface area contributed by atoms with Gasteiger partial charge < -0.3 is 24.8 Å². The largest absolute Gasteiger partial charge is 0.496 e. The first-order valence-corrected chi connectivity index (χ1v) is 8.70. The average molecular weight is 501 g/mol. The number of ether oxygens (including phenoxy) is 3. The summed E-state index contributed by atoms with van der Waals surface area (Å²) in [6.45, 7) is 3.47. The van der Waals surface area contributed by atoms with Gasteiger partial charge in [0.1, 0.15) is 17.3 Å². The highest BCUT2D eigenvalue weighted by molar-refractivity contribution is 14.0. The molecule has 0 radical (unpaired) electrons. The molecule has 1 heterocycles. The zero-order valence-corrected chi connectivity index (χ0v) is 18.5. The Bertz CT molecular complexity index is 846. The van der Waals surface area contributed by atoms with Crippen molar-refractivity contribution < 1.29 is 18.6 Å².